The van der Waals surface area contributed by atoms with Crippen LogP contribution in [0.4, 0.5) is 14.5 Å². The van der Waals surface area contributed by atoms with Crippen LogP contribution in [0.3, 0.4) is 0 Å². The lowest BCUT2D eigenvalue weighted by molar-refractivity contribution is -0.117. The number of carbonyl (C=O) groups is 1. The summed E-state index contributed by atoms with van der Waals surface area (Å²) in [6.45, 7) is 4.07. The minimum Gasteiger partial charge on any atom is -0.471 e. The highest BCUT2D eigenvalue weighted by Gasteiger charge is 2.30. The Kier molecular flexibility index (Phi) is 5.52. The van der Waals surface area contributed by atoms with E-state index in [0.29, 0.717) is 11.4 Å². The maximum Gasteiger partial charge on any atom is 0.282 e. The van der Waals surface area contributed by atoms with Gasteiger partial charge >= 0.3 is 0 Å². The Labute approximate surface area is 172 Å². The highest BCUT2D eigenvalue weighted by Crippen LogP contribution is 2.41. The molecule has 3 aromatic rings. The summed E-state index contributed by atoms with van der Waals surface area (Å²) in [7, 11) is 0. The Morgan fingerprint density at radius 1 is 1.30 bits per heavy atom. The maximum absolute atomic E-state index is 13.0. The second kappa shape index (κ2) is 8.25. The lowest BCUT2D eigenvalue weighted by Crippen LogP contribution is -2.20. The van der Waals surface area contributed by atoms with E-state index in [1.807, 2.05) is 32.0 Å². The van der Waals surface area contributed by atoms with Crippen LogP contribution >= 0.6 is 0 Å². The molecule has 1 aliphatic carbocycles. The third-order valence-electron chi connectivity index (χ3n) is 4.94. The summed E-state index contributed by atoms with van der Waals surface area (Å²) in [5, 5.41) is 10.8. The first-order valence-electron chi connectivity index (χ1n) is 9.77. The second-order valence-electron chi connectivity index (χ2n) is 7.59. The van der Waals surface area contributed by atoms with Crippen LogP contribution in [0.15, 0.2) is 36.7 Å². The van der Waals surface area contributed by atoms with E-state index in [2.05, 4.69) is 15.5 Å². The fraction of sp³-hybridized carbons (Fsp3) is 0.381. The molecule has 1 aliphatic rings. The van der Waals surface area contributed by atoms with E-state index in [1.165, 1.54) is 16.9 Å². The molecule has 158 valence electrons. The predicted octanol–water partition coefficient (Wildman–Crippen LogP) is 4.19. The summed E-state index contributed by atoms with van der Waals surface area (Å²) in [4.78, 5) is 12.4. The Hall–Kier alpha value is -3.23. The number of hydrogen-bond acceptors (Lipinski definition) is 4. The molecule has 0 aliphatic heterocycles. The van der Waals surface area contributed by atoms with Crippen molar-refractivity contribution in [3.63, 3.8) is 0 Å². The summed E-state index contributed by atoms with van der Waals surface area (Å²) in [5.41, 5.74) is 3.09. The Bertz CT molecular complexity index is 1060. The minimum atomic E-state index is -2.65. The van der Waals surface area contributed by atoms with Gasteiger partial charge in [-0.1, -0.05) is 17.7 Å². The largest absolute Gasteiger partial charge is 0.471 e. The summed E-state index contributed by atoms with van der Waals surface area (Å²) in [6, 6.07) is 7.32. The maximum atomic E-state index is 13.0. The van der Waals surface area contributed by atoms with Crippen molar-refractivity contribution in [2.24, 2.45) is 0 Å². The van der Waals surface area contributed by atoms with Gasteiger partial charge in [0.05, 0.1) is 18.1 Å². The van der Waals surface area contributed by atoms with Gasteiger partial charge in [-0.25, -0.2) is 13.5 Å². The SMILES string of the molecule is Cc1ccc(OCn2cc(NC(=O)Cn3nc(C(F)F)cc3C3CC3)cn2)c(C)c1. The monoisotopic (exact) mass is 415 g/mol. The first kappa shape index (κ1) is 20.1. The number of aromatic nitrogens is 4. The van der Waals surface area contributed by atoms with Crippen LogP contribution < -0.4 is 10.1 Å². The quantitative estimate of drug-likeness (QED) is 0.599. The predicted molar refractivity (Wildman–Crippen MR) is 107 cm³/mol. The standard InChI is InChI=1S/C21H23F2N5O2/c1-13-3-6-19(14(2)7-13)30-12-27-10-16(9-24-27)25-20(29)11-28-18(15-4-5-15)8-17(26-28)21(22)23/h3,6-10,15,21H,4-5,11-12H2,1-2H3,(H,25,29). The van der Waals surface area contributed by atoms with Crippen molar-refractivity contribution < 1.29 is 18.3 Å². The Morgan fingerprint density at radius 3 is 2.80 bits per heavy atom. The van der Waals surface area contributed by atoms with Gasteiger partial charge in [0, 0.05) is 11.6 Å². The first-order chi connectivity index (χ1) is 14.4. The Morgan fingerprint density at radius 2 is 2.10 bits per heavy atom. The molecule has 0 radical (unpaired) electrons. The number of anilines is 1. The molecule has 1 amide bonds. The molecule has 1 N–H and O–H groups in total. The third kappa shape index (κ3) is 4.67. The number of nitrogens with zero attached hydrogens (tertiary/aromatic N) is 4. The second-order valence-corrected chi connectivity index (χ2v) is 7.59. The molecule has 0 spiro atoms. The van der Waals surface area contributed by atoms with Gasteiger partial charge in [0.1, 0.15) is 18.0 Å². The van der Waals surface area contributed by atoms with Crippen molar-refractivity contribution in [3.8, 4) is 5.75 Å². The zero-order valence-corrected chi connectivity index (χ0v) is 16.8. The van der Waals surface area contributed by atoms with Gasteiger partial charge in [0.25, 0.3) is 6.43 Å². The molecule has 1 fully saturated rings. The van der Waals surface area contributed by atoms with Crippen LogP contribution in [-0.4, -0.2) is 25.5 Å². The van der Waals surface area contributed by atoms with Gasteiger partial charge < -0.3 is 10.1 Å². The van der Waals surface area contributed by atoms with Gasteiger partial charge in [0.15, 0.2) is 6.73 Å². The highest BCUT2D eigenvalue weighted by atomic mass is 19.3. The van der Waals surface area contributed by atoms with E-state index in [0.717, 1.165) is 29.7 Å². The molecule has 0 atom stereocenters. The number of carbonyl (C=O) groups excluding carboxylic acids is 1. The lowest BCUT2D eigenvalue weighted by atomic mass is 10.1. The normalized spacial score (nSPS) is 13.6. The van der Waals surface area contributed by atoms with Gasteiger partial charge in [0.2, 0.25) is 5.91 Å². The van der Waals surface area contributed by atoms with Crippen LogP contribution in [0.25, 0.3) is 0 Å². The number of ether oxygens (including phenoxy) is 1. The minimum absolute atomic E-state index is 0.122. The van der Waals surface area contributed by atoms with Gasteiger partial charge in [-0.05, 0) is 44.4 Å². The van der Waals surface area contributed by atoms with E-state index in [-0.39, 0.29) is 30.8 Å². The Balaban J connectivity index is 1.35. The molecular formula is C21H23F2N5O2. The number of rotatable bonds is 8. The number of hydrogen-bond donors (Lipinski definition) is 1. The number of benzene rings is 1. The molecule has 0 bridgehead atoms. The van der Waals surface area contributed by atoms with Crippen LogP contribution in [0.1, 0.15) is 47.7 Å². The topological polar surface area (TPSA) is 74.0 Å². The number of amides is 1. The fourth-order valence-electron chi connectivity index (χ4n) is 3.33. The molecule has 4 rings (SSSR count). The fourth-order valence-corrected chi connectivity index (χ4v) is 3.33. The van der Waals surface area contributed by atoms with Crippen molar-refractivity contribution in [3.05, 3.63) is 59.2 Å². The van der Waals surface area contributed by atoms with Crippen molar-refractivity contribution in [2.45, 2.75) is 52.3 Å². The number of alkyl halides is 2. The van der Waals surface area contributed by atoms with E-state index in [4.69, 9.17) is 4.74 Å². The molecule has 1 saturated carbocycles. The molecule has 1 aromatic carbocycles. The molecule has 7 nitrogen and oxygen atoms in total. The first-order valence-corrected chi connectivity index (χ1v) is 9.77. The molecule has 0 unspecified atom stereocenters. The summed E-state index contributed by atoms with van der Waals surface area (Å²) < 4.78 is 34.7. The summed E-state index contributed by atoms with van der Waals surface area (Å²) in [6.07, 6.45) is 2.38. The van der Waals surface area contributed by atoms with Crippen molar-refractivity contribution in [1.29, 1.82) is 0 Å². The average Bonchev–Trinajstić information content (AvgIpc) is 3.29. The van der Waals surface area contributed by atoms with E-state index in [9.17, 15) is 13.6 Å². The van der Waals surface area contributed by atoms with E-state index >= 15 is 0 Å². The van der Waals surface area contributed by atoms with Crippen LogP contribution in [0, 0.1) is 13.8 Å². The van der Waals surface area contributed by atoms with E-state index < -0.39 is 6.43 Å². The van der Waals surface area contributed by atoms with Crippen molar-refractivity contribution in [2.75, 3.05) is 5.32 Å². The molecule has 9 heteroatoms. The summed E-state index contributed by atoms with van der Waals surface area (Å²) in [5.74, 6) is 0.626. The van der Waals surface area contributed by atoms with Gasteiger partial charge in [-0.15, -0.1) is 0 Å². The molecular weight excluding hydrogens is 392 g/mol. The molecule has 2 heterocycles. The van der Waals surface area contributed by atoms with Crippen LogP contribution in [-0.2, 0) is 18.1 Å². The zero-order valence-electron chi connectivity index (χ0n) is 16.8. The highest BCUT2D eigenvalue weighted by molar-refractivity contribution is 5.90. The summed E-state index contributed by atoms with van der Waals surface area (Å²) >= 11 is 0. The number of nitrogens with one attached hydrogen (secondary N) is 1. The lowest BCUT2D eigenvalue weighted by Gasteiger charge is -2.09. The smallest absolute Gasteiger partial charge is 0.282 e. The molecule has 2 aromatic heterocycles. The molecule has 0 saturated heterocycles. The van der Waals surface area contributed by atoms with Gasteiger partial charge in [-0.3, -0.25) is 9.48 Å². The number of halogens is 2. The van der Waals surface area contributed by atoms with Gasteiger partial charge in [-0.2, -0.15) is 10.2 Å². The number of aryl methyl sites for hydroxylation is 2. The molecule has 30 heavy (non-hydrogen) atoms. The average molecular weight is 415 g/mol. The van der Waals surface area contributed by atoms with Crippen molar-refractivity contribution >= 4 is 11.6 Å². The van der Waals surface area contributed by atoms with E-state index in [1.54, 1.807) is 10.9 Å². The third-order valence-corrected chi connectivity index (χ3v) is 4.94. The zero-order chi connectivity index (χ0) is 21.3. The van der Waals surface area contributed by atoms with Crippen LogP contribution in [0.2, 0.25) is 0 Å². The van der Waals surface area contributed by atoms with Crippen molar-refractivity contribution in [1.82, 2.24) is 19.6 Å². The van der Waals surface area contributed by atoms with Crippen LogP contribution in [0.5, 0.6) is 5.75 Å².